The maximum atomic E-state index is 11.6. The van der Waals surface area contributed by atoms with Gasteiger partial charge in [-0.05, 0) is 72.9 Å². The highest BCUT2D eigenvalue weighted by atomic mass is 35.5. The summed E-state index contributed by atoms with van der Waals surface area (Å²) in [5, 5.41) is 18.5. The Balaban J connectivity index is 0.000000155. The smallest absolute Gasteiger partial charge is 0.392 e. The molecule has 0 unspecified atom stereocenters. The summed E-state index contributed by atoms with van der Waals surface area (Å²) in [6.45, 7) is 1.57. The average molecular weight is 559 g/mol. The molecule has 4 aromatic rings. The minimum atomic E-state index is -0.497. The summed E-state index contributed by atoms with van der Waals surface area (Å²) in [6.07, 6.45) is 4.20. The van der Waals surface area contributed by atoms with Gasteiger partial charge in [-0.25, -0.2) is 9.59 Å². The molecule has 2 aromatic carbocycles. The number of nitrogens with zero attached hydrogens (tertiary/aromatic N) is 4. The zero-order valence-electron chi connectivity index (χ0n) is 20.8. The van der Waals surface area contributed by atoms with Gasteiger partial charge in [0.2, 0.25) is 11.8 Å². The van der Waals surface area contributed by atoms with Crippen molar-refractivity contribution in [2.45, 2.75) is 69.6 Å². The van der Waals surface area contributed by atoms with E-state index in [1.807, 2.05) is 55.5 Å². The first kappa shape index (κ1) is 26.5. The molecule has 0 bridgehead atoms. The van der Waals surface area contributed by atoms with Crippen LogP contribution in [0.1, 0.15) is 79.4 Å². The van der Waals surface area contributed by atoms with Crippen LogP contribution in [0.5, 0.6) is 0 Å². The van der Waals surface area contributed by atoms with Gasteiger partial charge < -0.3 is 13.9 Å². The van der Waals surface area contributed by atoms with Gasteiger partial charge in [-0.2, -0.15) is 9.36 Å². The molecule has 2 heterocycles. The summed E-state index contributed by atoms with van der Waals surface area (Å²) >= 11 is 11.7. The van der Waals surface area contributed by atoms with E-state index in [4.69, 9.17) is 37.1 Å². The number of hydrogen-bond acceptors (Lipinski definition) is 7. The summed E-state index contributed by atoms with van der Waals surface area (Å²) in [5.74, 6) is 0.652. The number of aliphatic hydroxyl groups is 1. The average Bonchev–Trinajstić information content (AvgIpc) is 3.42. The van der Waals surface area contributed by atoms with E-state index in [2.05, 4.69) is 10.2 Å². The van der Waals surface area contributed by atoms with Gasteiger partial charge in [0.05, 0.1) is 12.1 Å². The lowest BCUT2D eigenvalue weighted by molar-refractivity contribution is 0.232. The van der Waals surface area contributed by atoms with Crippen molar-refractivity contribution in [2.24, 2.45) is 0 Å². The molecular formula is C27H28Cl2N4O5. The lowest BCUT2D eigenvalue weighted by Gasteiger charge is -2.34. The SMILES string of the molecule is CCc1nn(C2CC(c3ccc(Cl)cc3)C2)c(=O)o1.O=c1oc(CO)nn1C1CC(c2ccc(Cl)cc2)C1. The predicted molar refractivity (Wildman–Crippen MR) is 142 cm³/mol. The third-order valence-electron chi connectivity index (χ3n) is 7.26. The Morgan fingerprint density at radius 2 is 1.16 bits per heavy atom. The number of hydrogen-bond donors (Lipinski definition) is 1. The fourth-order valence-corrected chi connectivity index (χ4v) is 5.17. The highest BCUT2D eigenvalue weighted by Gasteiger charge is 2.35. The molecular weight excluding hydrogens is 531 g/mol. The van der Waals surface area contributed by atoms with Gasteiger partial charge in [-0.15, -0.1) is 10.2 Å². The normalized spacial score (nSPS) is 22.2. The minimum Gasteiger partial charge on any atom is -0.392 e. The number of aromatic nitrogens is 4. The molecule has 0 radical (unpaired) electrons. The molecule has 0 spiro atoms. The van der Waals surface area contributed by atoms with E-state index in [0.29, 0.717) is 24.1 Å². The summed E-state index contributed by atoms with van der Waals surface area (Å²) in [6, 6.07) is 15.9. The largest absolute Gasteiger partial charge is 0.437 e. The fourth-order valence-electron chi connectivity index (χ4n) is 4.92. The standard InChI is InChI=1S/C14H15ClN2O2.C13H13ClN2O3/c1-2-13-16-17(14(18)19-13)12-7-10(8-12)9-3-5-11(15)6-4-9;14-10-3-1-8(2-4-10)9-5-11(6-9)16-13(18)19-12(7-17)15-16/h3-6,10,12H,2,7-8H2,1H3;1-4,9,11,17H,5-7H2. The van der Waals surface area contributed by atoms with E-state index in [1.54, 1.807) is 0 Å². The van der Waals surface area contributed by atoms with Crippen molar-refractivity contribution in [3.8, 4) is 0 Å². The first-order valence-corrected chi connectivity index (χ1v) is 13.4. The Bertz CT molecular complexity index is 1360. The van der Waals surface area contributed by atoms with E-state index < -0.39 is 5.76 Å². The number of aryl methyl sites for hydroxylation is 1. The second kappa shape index (κ2) is 11.3. The topological polar surface area (TPSA) is 116 Å². The third kappa shape index (κ3) is 5.65. The molecule has 2 saturated carbocycles. The van der Waals surface area contributed by atoms with Crippen LogP contribution >= 0.6 is 23.2 Å². The summed E-state index contributed by atoms with van der Waals surface area (Å²) in [7, 11) is 0. The van der Waals surface area contributed by atoms with Crippen LogP contribution in [0.4, 0.5) is 0 Å². The maximum Gasteiger partial charge on any atom is 0.437 e. The number of rotatable bonds is 6. The Morgan fingerprint density at radius 1 is 0.763 bits per heavy atom. The number of halogens is 2. The van der Waals surface area contributed by atoms with Crippen LogP contribution in [0.2, 0.25) is 10.0 Å². The zero-order chi connectivity index (χ0) is 26.8. The minimum absolute atomic E-state index is 0.0530. The molecule has 2 aliphatic rings. The molecule has 2 fully saturated rings. The van der Waals surface area contributed by atoms with Crippen molar-refractivity contribution >= 4 is 23.2 Å². The van der Waals surface area contributed by atoms with Gasteiger partial charge in [-0.3, -0.25) is 0 Å². The van der Waals surface area contributed by atoms with Gasteiger partial charge in [0.25, 0.3) is 0 Å². The molecule has 1 N–H and O–H groups in total. The van der Waals surface area contributed by atoms with Crippen molar-refractivity contribution in [3.05, 3.63) is 103 Å². The summed E-state index contributed by atoms with van der Waals surface area (Å²) < 4.78 is 12.7. The van der Waals surface area contributed by atoms with Crippen molar-refractivity contribution in [2.75, 3.05) is 0 Å². The van der Waals surface area contributed by atoms with E-state index >= 15 is 0 Å². The third-order valence-corrected chi connectivity index (χ3v) is 7.77. The molecule has 6 rings (SSSR count). The lowest BCUT2D eigenvalue weighted by atomic mass is 9.76. The van der Waals surface area contributed by atoms with Gasteiger partial charge in [0, 0.05) is 16.5 Å². The molecule has 200 valence electrons. The second-order valence-corrected chi connectivity index (χ2v) is 10.5. The molecule has 38 heavy (non-hydrogen) atoms. The van der Waals surface area contributed by atoms with Crippen LogP contribution in [0, 0.1) is 0 Å². The molecule has 11 heteroatoms. The maximum absolute atomic E-state index is 11.6. The van der Waals surface area contributed by atoms with Gasteiger partial charge in [-0.1, -0.05) is 54.4 Å². The Kier molecular flexibility index (Phi) is 7.88. The lowest BCUT2D eigenvalue weighted by Crippen LogP contribution is -2.31. The second-order valence-electron chi connectivity index (χ2n) is 9.67. The van der Waals surface area contributed by atoms with Crippen LogP contribution in [0.25, 0.3) is 0 Å². The fraction of sp³-hybridized carbons (Fsp3) is 0.407. The van der Waals surface area contributed by atoms with Gasteiger partial charge >= 0.3 is 11.5 Å². The van der Waals surface area contributed by atoms with Crippen molar-refractivity contribution in [1.82, 2.24) is 19.6 Å². The molecule has 0 atom stereocenters. The van der Waals surface area contributed by atoms with Crippen molar-refractivity contribution in [3.63, 3.8) is 0 Å². The molecule has 2 aromatic heterocycles. The van der Waals surface area contributed by atoms with Crippen LogP contribution in [0.15, 0.2) is 67.0 Å². The van der Waals surface area contributed by atoms with E-state index in [-0.39, 0.29) is 30.3 Å². The highest BCUT2D eigenvalue weighted by molar-refractivity contribution is 6.30. The Hall–Kier alpha value is -3.14. The van der Waals surface area contributed by atoms with Crippen LogP contribution in [-0.2, 0) is 13.0 Å². The van der Waals surface area contributed by atoms with E-state index in [0.717, 1.165) is 35.7 Å². The van der Waals surface area contributed by atoms with Gasteiger partial charge in [0.1, 0.15) is 6.61 Å². The summed E-state index contributed by atoms with van der Waals surface area (Å²) in [5.41, 5.74) is 2.49. The first-order valence-electron chi connectivity index (χ1n) is 12.6. The van der Waals surface area contributed by atoms with Gasteiger partial charge in [0.15, 0.2) is 0 Å². The molecule has 0 aliphatic heterocycles. The monoisotopic (exact) mass is 558 g/mol. The molecule has 2 aliphatic carbocycles. The van der Waals surface area contributed by atoms with Crippen LogP contribution in [0.3, 0.4) is 0 Å². The first-order chi connectivity index (χ1) is 18.3. The Morgan fingerprint density at radius 3 is 1.50 bits per heavy atom. The zero-order valence-corrected chi connectivity index (χ0v) is 22.3. The number of aliphatic hydroxyl groups excluding tert-OH is 1. The van der Waals surface area contributed by atoms with Crippen molar-refractivity contribution < 1.29 is 13.9 Å². The highest BCUT2D eigenvalue weighted by Crippen LogP contribution is 2.44. The predicted octanol–water partition coefficient (Wildman–Crippen LogP) is 5.27. The molecule has 0 amide bonds. The van der Waals surface area contributed by atoms with Crippen LogP contribution < -0.4 is 11.5 Å². The summed E-state index contributed by atoms with van der Waals surface area (Å²) in [4.78, 5) is 23.2. The number of benzene rings is 2. The molecule has 0 saturated heterocycles. The van der Waals surface area contributed by atoms with E-state index in [9.17, 15) is 9.59 Å². The van der Waals surface area contributed by atoms with E-state index in [1.165, 1.54) is 20.5 Å². The molecule has 9 nitrogen and oxygen atoms in total. The Labute approximate surface area is 228 Å². The van der Waals surface area contributed by atoms with Crippen LogP contribution in [-0.4, -0.2) is 24.7 Å². The quantitative estimate of drug-likeness (QED) is 0.342. The van der Waals surface area contributed by atoms with Crippen molar-refractivity contribution in [1.29, 1.82) is 0 Å².